The zero-order valence-electron chi connectivity index (χ0n) is 24.3. The molecule has 0 aromatic rings. The van der Waals surface area contributed by atoms with Gasteiger partial charge in [0.05, 0.1) is 44.6 Å². The van der Waals surface area contributed by atoms with Gasteiger partial charge >= 0.3 is 11.9 Å². The lowest BCUT2D eigenvalue weighted by atomic mass is 9.66. The number of Topliss-reactive ketones (excluding diaryl/α,β-unsaturated/α-hetero) is 1. The Labute approximate surface area is 252 Å². The van der Waals surface area contributed by atoms with E-state index in [1.165, 1.54) is 4.90 Å². The molecule has 0 spiro atoms. The first-order valence-electron chi connectivity index (χ1n) is 15.2. The minimum Gasteiger partial charge on any atom is -0.478 e. The Balaban J connectivity index is 1.43. The summed E-state index contributed by atoms with van der Waals surface area (Å²) in [6, 6.07) is -2.45. The molecular weight excluding hydrogens is 594 g/mol. The van der Waals surface area contributed by atoms with Crippen LogP contribution in [-0.2, 0) is 28.6 Å². The number of morpholine rings is 3. The van der Waals surface area contributed by atoms with E-state index in [-0.39, 0.29) is 45.9 Å². The van der Waals surface area contributed by atoms with E-state index in [0.29, 0.717) is 52.1 Å². The number of carboxylic acids is 1. The van der Waals surface area contributed by atoms with Crippen molar-refractivity contribution >= 4 is 18.2 Å². The summed E-state index contributed by atoms with van der Waals surface area (Å²) in [6.07, 6.45) is -0.359. The van der Waals surface area contributed by atoms with Crippen LogP contribution in [0.5, 0.6) is 0 Å². The first-order valence-corrected chi connectivity index (χ1v) is 15.2. The van der Waals surface area contributed by atoms with Crippen LogP contribution >= 0.6 is 0 Å². The zero-order valence-corrected chi connectivity index (χ0v) is 24.3. The number of carboxylic acid groups (broad SMARTS) is 1. The molecule has 2 N–H and O–H groups in total. The van der Waals surface area contributed by atoms with Crippen LogP contribution in [-0.4, -0.2) is 163 Å². The molecule has 0 radical (unpaired) electrons. The fourth-order valence-corrected chi connectivity index (χ4v) is 7.82. The molecule has 4 aliphatic heterocycles. The number of aliphatic carboxylic acids is 1. The number of nitrogens with one attached hydrogen (secondary N) is 1. The number of carbonyl (C=O) groups is 3. The van der Waals surface area contributed by atoms with Crippen LogP contribution in [0.1, 0.15) is 19.3 Å². The highest BCUT2D eigenvalue weighted by Gasteiger charge is 2.82. The van der Waals surface area contributed by atoms with Gasteiger partial charge in [-0.3, -0.25) is 24.3 Å². The summed E-state index contributed by atoms with van der Waals surface area (Å²) >= 11 is 0. The molecular formula is C28H39F4N5O7. The van der Waals surface area contributed by atoms with Gasteiger partial charge in [0.25, 0.3) is 5.92 Å². The number of fused-ring (bicyclic) bond motifs is 1. The summed E-state index contributed by atoms with van der Waals surface area (Å²) in [4.78, 5) is 41.7. The Hall–Kier alpha value is -2.37. The van der Waals surface area contributed by atoms with E-state index in [1.54, 1.807) is 0 Å². The van der Waals surface area contributed by atoms with Crippen LogP contribution in [0.3, 0.4) is 0 Å². The lowest BCUT2D eigenvalue weighted by molar-refractivity contribution is -0.366. The Bertz CT molecular complexity index is 1150. The monoisotopic (exact) mass is 633 g/mol. The number of alkyl halides is 4. The number of rotatable bonds is 9. The minimum atomic E-state index is -4.22. The van der Waals surface area contributed by atoms with Crippen LogP contribution in [0.2, 0.25) is 0 Å². The van der Waals surface area contributed by atoms with Crippen LogP contribution in [0.25, 0.3) is 0 Å². The average molecular weight is 634 g/mol. The summed E-state index contributed by atoms with van der Waals surface area (Å²) in [5.41, 5.74) is -3.93. The molecule has 16 heteroatoms. The molecule has 5 atom stereocenters. The average Bonchev–Trinajstić information content (AvgIpc) is 3.83. The Morgan fingerprint density at radius 3 is 2.25 bits per heavy atom. The molecule has 0 aromatic carbocycles. The largest absolute Gasteiger partial charge is 0.478 e. The van der Waals surface area contributed by atoms with Crippen molar-refractivity contribution in [3.8, 4) is 0 Å². The van der Waals surface area contributed by atoms with Crippen molar-refractivity contribution in [3.63, 3.8) is 0 Å². The predicted octanol–water partition coefficient (Wildman–Crippen LogP) is -0.163. The van der Waals surface area contributed by atoms with E-state index in [0.717, 1.165) is 16.0 Å². The summed E-state index contributed by atoms with van der Waals surface area (Å²) in [5, 5.41) is 12.1. The summed E-state index contributed by atoms with van der Waals surface area (Å²) in [7, 11) is 0. The Kier molecular flexibility index (Phi) is 8.69. The molecule has 0 aromatic heterocycles. The van der Waals surface area contributed by atoms with Crippen molar-refractivity contribution in [1.82, 2.24) is 24.9 Å². The highest BCUT2D eigenvalue weighted by molar-refractivity contribution is 6.18. The molecule has 12 nitrogen and oxygen atoms in total. The fraction of sp³-hybridized carbons (Fsp3) is 0.821. The zero-order chi connectivity index (χ0) is 31.3. The molecule has 6 rings (SSSR count). The van der Waals surface area contributed by atoms with Gasteiger partial charge in [-0.05, 0) is 12.8 Å². The second-order valence-electron chi connectivity index (χ2n) is 12.5. The van der Waals surface area contributed by atoms with Crippen LogP contribution in [0, 0.1) is 5.92 Å². The smallest absolute Gasteiger partial charge is 0.340 e. The first-order chi connectivity index (χ1) is 21.0. The molecule has 5 fully saturated rings. The summed E-state index contributed by atoms with van der Waals surface area (Å²) in [5.74, 6) is -13.1. The van der Waals surface area contributed by atoms with E-state index in [2.05, 4.69) is 10.2 Å². The van der Waals surface area contributed by atoms with Gasteiger partial charge in [0.15, 0.2) is 5.78 Å². The maximum atomic E-state index is 17.7. The fourth-order valence-electron chi connectivity index (χ4n) is 7.82. The molecule has 4 heterocycles. The van der Waals surface area contributed by atoms with E-state index < -0.39 is 71.5 Å². The lowest BCUT2D eigenvalue weighted by Gasteiger charge is -2.65. The highest BCUT2D eigenvalue weighted by atomic mass is 19.3. The van der Waals surface area contributed by atoms with Crippen LogP contribution < -0.4 is 5.32 Å². The molecule has 246 valence electrons. The van der Waals surface area contributed by atoms with E-state index in [4.69, 9.17) is 14.2 Å². The van der Waals surface area contributed by atoms with Crippen molar-refractivity contribution in [3.05, 3.63) is 11.8 Å². The number of ketones is 1. The van der Waals surface area contributed by atoms with E-state index in [9.17, 15) is 19.5 Å². The van der Waals surface area contributed by atoms with Crippen molar-refractivity contribution < 1.29 is 51.3 Å². The minimum absolute atomic E-state index is 0.0498. The van der Waals surface area contributed by atoms with Gasteiger partial charge in [-0.25, -0.2) is 22.4 Å². The lowest BCUT2D eigenvalue weighted by Crippen LogP contribution is -2.87. The molecule has 1 amide bonds. The number of halogens is 4. The molecule has 3 saturated heterocycles. The molecule has 2 aliphatic carbocycles. The van der Waals surface area contributed by atoms with Crippen molar-refractivity contribution in [2.45, 2.75) is 61.1 Å². The maximum Gasteiger partial charge on any atom is 0.340 e. The third-order valence-electron chi connectivity index (χ3n) is 9.79. The molecule has 6 aliphatic rings. The second-order valence-corrected chi connectivity index (χ2v) is 12.5. The number of hydrogen-bond acceptors (Lipinski definition) is 10. The molecule has 2 saturated carbocycles. The molecule has 5 unspecified atom stereocenters. The van der Waals surface area contributed by atoms with Gasteiger partial charge in [0.2, 0.25) is 12.1 Å². The highest BCUT2D eigenvalue weighted by Crippen LogP contribution is 2.60. The van der Waals surface area contributed by atoms with Crippen molar-refractivity contribution in [2.24, 2.45) is 5.92 Å². The van der Waals surface area contributed by atoms with Gasteiger partial charge in [-0.2, -0.15) is 0 Å². The SMILES string of the molecule is O=CNCC1CN(C2(N3CCOC(CN4CCOCC4)C3)C(F)(F)CC3C(=O)C(C(=O)O)=CN(C4CC4)C3C2(F)F)CCO1. The van der Waals surface area contributed by atoms with Gasteiger partial charge < -0.3 is 29.5 Å². The van der Waals surface area contributed by atoms with Crippen molar-refractivity contribution in [1.29, 1.82) is 0 Å². The summed E-state index contributed by atoms with van der Waals surface area (Å²) < 4.78 is 86.6. The number of amides is 1. The third kappa shape index (κ3) is 5.30. The van der Waals surface area contributed by atoms with Gasteiger partial charge in [0, 0.05) is 71.0 Å². The molecule has 0 bridgehead atoms. The quantitative estimate of drug-likeness (QED) is 0.200. The standard InChI is InChI=1S/C28H39F4N5O7/c29-26(30)11-21-23(39)22(25(40)41)16-37(18-1-2-18)24(21)27(31,32)28(26,35-5-9-43-19(14-35)12-33-17-38)36-6-10-44-20(15-36)13-34-3-7-42-8-4-34/h16-21,24H,1-15H2,(H,33,38)(H,40,41). The number of ether oxygens (including phenoxy) is 3. The van der Waals surface area contributed by atoms with Gasteiger partial charge in [-0.15, -0.1) is 0 Å². The van der Waals surface area contributed by atoms with Crippen LogP contribution in [0.15, 0.2) is 11.8 Å². The number of hydrogen-bond donors (Lipinski definition) is 2. The van der Waals surface area contributed by atoms with Gasteiger partial charge in [0.1, 0.15) is 11.6 Å². The predicted molar refractivity (Wildman–Crippen MR) is 144 cm³/mol. The van der Waals surface area contributed by atoms with Crippen LogP contribution in [0.4, 0.5) is 17.6 Å². The van der Waals surface area contributed by atoms with E-state index >= 15 is 17.6 Å². The van der Waals surface area contributed by atoms with Crippen molar-refractivity contribution in [2.75, 3.05) is 78.8 Å². The third-order valence-corrected chi connectivity index (χ3v) is 9.79. The topological polar surface area (TPSA) is 124 Å². The second kappa shape index (κ2) is 12.1. The van der Waals surface area contributed by atoms with E-state index in [1.807, 2.05) is 0 Å². The molecule has 44 heavy (non-hydrogen) atoms. The maximum absolute atomic E-state index is 17.7. The Morgan fingerprint density at radius 1 is 1.00 bits per heavy atom. The van der Waals surface area contributed by atoms with Gasteiger partial charge in [-0.1, -0.05) is 0 Å². The first kappa shape index (κ1) is 31.6. The summed E-state index contributed by atoms with van der Waals surface area (Å²) in [6.45, 7) is 1.37. The normalized spacial score (nSPS) is 36.8. The number of carbonyl (C=O) groups excluding carboxylic acids is 2. The number of nitrogens with zero attached hydrogens (tertiary/aromatic N) is 4. The Morgan fingerprint density at radius 2 is 1.64 bits per heavy atom.